The lowest BCUT2D eigenvalue weighted by molar-refractivity contribution is -0.133. The molecule has 8 aliphatic rings. The van der Waals surface area contributed by atoms with Crippen molar-refractivity contribution in [3.8, 4) is 0 Å². The summed E-state index contributed by atoms with van der Waals surface area (Å²) in [5.41, 5.74) is 0.951. The molecule has 0 saturated heterocycles. The molecule has 0 amide bonds. The molecule has 5 N–H and O–H groups in total. The van der Waals surface area contributed by atoms with Gasteiger partial charge in [0.15, 0.2) is 5.78 Å². The predicted molar refractivity (Wildman–Crippen MR) is 268 cm³/mol. The second kappa shape index (κ2) is 18.2. The van der Waals surface area contributed by atoms with Crippen LogP contribution in [0.3, 0.4) is 0 Å². The van der Waals surface area contributed by atoms with Gasteiger partial charge in [-0.15, -0.1) is 0 Å². The number of alkyl halides is 1. The Kier molecular flexibility index (Phi) is 12.8. The molecule has 0 bridgehead atoms. The van der Waals surface area contributed by atoms with E-state index in [2.05, 4.69) is 45.1 Å². The van der Waals surface area contributed by atoms with Gasteiger partial charge >= 0.3 is 0 Å². The third kappa shape index (κ3) is 8.63. The molecule has 0 unspecified atom stereocenters. The van der Waals surface area contributed by atoms with Gasteiger partial charge in [0.2, 0.25) is 0 Å². The predicted octanol–water partition coefficient (Wildman–Crippen LogP) is 10.7. The second-order valence-electron chi connectivity index (χ2n) is 24.4. The molecule has 10 nitrogen and oxygen atoms in total. The maximum atomic E-state index is 13.6. The number of Topliss-reactive ketones (excluding diaryl/α,β-unsaturated/α-hetero) is 2. The molecule has 2 aromatic heterocycles. The highest BCUT2D eigenvalue weighted by molar-refractivity contribution is 9.09. The van der Waals surface area contributed by atoms with Crippen molar-refractivity contribution in [2.75, 3.05) is 5.33 Å². The minimum absolute atomic E-state index is 0.0596. The Hall–Kier alpha value is -3.28. The minimum atomic E-state index is -0.469. The van der Waals surface area contributed by atoms with Crippen LogP contribution in [0.5, 0.6) is 0 Å². The zero-order chi connectivity index (χ0) is 47.0. The lowest BCUT2D eigenvalue weighted by Gasteiger charge is -2.56. The van der Waals surface area contributed by atoms with Gasteiger partial charge in [-0.1, -0.05) is 54.0 Å². The van der Waals surface area contributed by atoms with Gasteiger partial charge in [0.1, 0.15) is 12.3 Å². The van der Waals surface area contributed by atoms with E-state index < -0.39 is 11.2 Å². The van der Waals surface area contributed by atoms with Gasteiger partial charge in [-0.05, 0) is 224 Å². The summed E-state index contributed by atoms with van der Waals surface area (Å²) in [6.45, 7) is 9.05. The summed E-state index contributed by atoms with van der Waals surface area (Å²) in [5, 5.41) is 31.4. The Balaban J connectivity index is 0.000000134. The maximum Gasteiger partial charge on any atom is 0.274 e. The van der Waals surface area contributed by atoms with Crippen LogP contribution in [-0.2, 0) is 16.1 Å². The number of hydrogen-bond acceptors (Lipinski definition) is 6. The summed E-state index contributed by atoms with van der Waals surface area (Å²) < 4.78 is 1.52. The summed E-state index contributed by atoms with van der Waals surface area (Å²) in [6, 6.07) is 14.9. The summed E-state index contributed by atoms with van der Waals surface area (Å²) in [6.07, 6.45) is 21.0. The van der Waals surface area contributed by atoms with Gasteiger partial charge in [-0.3, -0.25) is 34.5 Å². The van der Waals surface area contributed by atoms with Gasteiger partial charge < -0.3 is 10.2 Å². The number of fused-ring (bicyclic) bond motifs is 12. The first-order valence-electron chi connectivity index (χ1n) is 26.4. The molecule has 12 rings (SSSR count). The number of aliphatic hydroxyl groups is 2. The molecule has 11 heteroatoms. The summed E-state index contributed by atoms with van der Waals surface area (Å²) in [7, 11) is 0. The molecule has 4 aromatic rings. The van der Waals surface area contributed by atoms with Crippen molar-refractivity contribution in [2.24, 2.45) is 81.8 Å². The number of rotatable bonds is 5. The van der Waals surface area contributed by atoms with E-state index >= 15 is 0 Å². The van der Waals surface area contributed by atoms with Crippen LogP contribution >= 0.6 is 15.9 Å². The summed E-state index contributed by atoms with van der Waals surface area (Å²) in [4.78, 5) is 49.7. The molecule has 0 aliphatic heterocycles. The first kappa shape index (κ1) is 47.4. The highest BCUT2D eigenvalue weighted by Gasteiger charge is 2.60. The van der Waals surface area contributed by atoms with Crippen molar-refractivity contribution >= 4 is 49.3 Å². The summed E-state index contributed by atoms with van der Waals surface area (Å²) >= 11 is 3.42. The van der Waals surface area contributed by atoms with E-state index in [1.165, 1.54) is 68.9 Å². The number of para-hydroxylation sites is 2. The van der Waals surface area contributed by atoms with Crippen molar-refractivity contribution in [3.05, 3.63) is 69.2 Å². The third-order valence-corrected chi connectivity index (χ3v) is 21.4. The number of aromatic nitrogens is 4. The molecule has 8 saturated carbocycles. The van der Waals surface area contributed by atoms with Crippen LogP contribution in [0.1, 0.15) is 143 Å². The third-order valence-electron chi connectivity index (χ3n) is 20.8. The molecule has 8 fully saturated rings. The number of nitrogens with zero attached hydrogens (tertiary/aromatic N) is 1. The number of carbonyl (C=O) groups is 2. The Labute approximate surface area is 404 Å². The van der Waals surface area contributed by atoms with E-state index in [0.29, 0.717) is 39.6 Å². The molecule has 364 valence electrons. The highest BCUT2D eigenvalue weighted by atomic mass is 79.9. The second-order valence-corrected chi connectivity index (χ2v) is 25.0. The topological polar surface area (TPSA) is 161 Å². The largest absolute Gasteiger partial charge is 0.390 e. The first-order valence-corrected chi connectivity index (χ1v) is 27.5. The highest BCUT2D eigenvalue weighted by Crippen LogP contribution is 2.66. The number of H-pyrrole nitrogens is 3. The first-order chi connectivity index (χ1) is 32.0. The van der Waals surface area contributed by atoms with Crippen LogP contribution in [0, 0.1) is 81.8 Å². The van der Waals surface area contributed by atoms with Gasteiger partial charge in [0, 0.05) is 11.8 Å². The smallest absolute Gasteiger partial charge is 0.274 e. The normalized spacial score (nSPS) is 41.8. The summed E-state index contributed by atoms with van der Waals surface area (Å²) in [5.74, 6) is 8.73. The van der Waals surface area contributed by atoms with Crippen molar-refractivity contribution in [3.63, 3.8) is 0 Å². The number of benzene rings is 2. The molecular weight excluding hydrogens is 905 g/mol. The fourth-order valence-corrected chi connectivity index (χ4v) is 18.2. The molecule has 8 aliphatic carbocycles. The zero-order valence-corrected chi connectivity index (χ0v) is 42.1. The monoisotopic (exact) mass is 981 g/mol. The maximum absolute atomic E-state index is 13.6. The van der Waals surface area contributed by atoms with E-state index in [4.69, 9.17) is 0 Å². The van der Waals surface area contributed by atoms with Crippen LogP contribution in [0.15, 0.2) is 58.1 Å². The SMILES string of the molecule is C[C@@]1(O)CC[C@H]2[C@H](CC[C@@H]3[C@@H]2CC[C@]2(C)[C@@H](C(=O)CBr)CC[C@@H]32)C1.C[C@@]1(O)CC[C@H]2[C@H](CC[C@@H]3[C@@H]2CC[C@]2(C)[C@@H](C(=O)Cn4[nH]c5ccccc5c4=O)CC[C@@H]32)C1.O=c1[nH][nH]c2ccccc12. The van der Waals surface area contributed by atoms with Crippen LogP contribution in [0.4, 0.5) is 0 Å². The van der Waals surface area contributed by atoms with Crippen molar-refractivity contribution in [1.29, 1.82) is 0 Å². The lowest BCUT2D eigenvalue weighted by atomic mass is 9.49. The number of carbonyl (C=O) groups excluding carboxylic acids is 2. The molecule has 0 radical (unpaired) electrons. The van der Waals surface area contributed by atoms with E-state index in [9.17, 15) is 29.4 Å². The van der Waals surface area contributed by atoms with Crippen LogP contribution < -0.4 is 11.1 Å². The van der Waals surface area contributed by atoms with Gasteiger partial charge in [-0.2, -0.15) is 0 Å². The van der Waals surface area contributed by atoms with Gasteiger partial charge in [0.05, 0.1) is 38.3 Å². The quantitative estimate of drug-likeness (QED) is 0.125. The van der Waals surface area contributed by atoms with Gasteiger partial charge in [-0.25, -0.2) is 4.68 Å². The van der Waals surface area contributed by atoms with Crippen molar-refractivity contribution in [1.82, 2.24) is 20.0 Å². The van der Waals surface area contributed by atoms with Crippen molar-refractivity contribution < 1.29 is 19.8 Å². The Morgan fingerprint density at radius 2 is 1.07 bits per heavy atom. The Morgan fingerprint density at radius 3 is 1.60 bits per heavy atom. The molecular formula is C56H77BrN4O6. The standard InChI is InChI=1S/C28H38N2O3.C21H33BrO2.C7H6N2O/c1-27(33)13-11-18-17(15-27)7-8-20-19(18)12-14-28(2)22(20)9-10-23(28)25(31)16-30-26(32)21-5-3-4-6-24(21)29-30;1-20(24)9-7-14-13(11-20)3-4-16-15(14)8-10-21(2)17(16)5-6-18(21)19(23)12-22;10-7-5-3-1-2-4-6(5)8-9-7/h3-6,17-20,22-23,29,33H,7-16H2,1-2H3;13-18,24H,3-12H2,1-2H3;1-4H,(H2,8,9,10)/t17-,18+,19-,20-,22+,23-,27-,28+;13-,14+,15-,16-,17+,18-,20-,21+;/m11./s1. The molecule has 16 atom stereocenters. The zero-order valence-electron chi connectivity index (χ0n) is 40.5. The number of hydrogen-bond donors (Lipinski definition) is 5. The van der Waals surface area contributed by atoms with E-state index in [1.54, 1.807) is 6.07 Å². The van der Waals surface area contributed by atoms with Crippen LogP contribution in [0.25, 0.3) is 21.8 Å². The average Bonchev–Trinajstić information content (AvgIpc) is 4.06. The van der Waals surface area contributed by atoms with E-state index in [-0.39, 0.29) is 40.2 Å². The fraction of sp³-hybridized carbons (Fsp3) is 0.714. The molecule has 2 aromatic carbocycles. The molecule has 67 heavy (non-hydrogen) atoms. The van der Waals surface area contributed by atoms with Crippen molar-refractivity contribution in [2.45, 2.75) is 161 Å². The Morgan fingerprint density at radius 1 is 0.582 bits per heavy atom. The van der Waals surface area contributed by atoms with Crippen LogP contribution in [-0.4, -0.2) is 58.3 Å². The molecule has 2 heterocycles. The Bertz CT molecular complexity index is 2570. The fourth-order valence-electron chi connectivity index (χ4n) is 17.8. The number of ketones is 2. The van der Waals surface area contributed by atoms with E-state index in [0.717, 1.165) is 110 Å². The average molecular weight is 982 g/mol. The van der Waals surface area contributed by atoms with Gasteiger partial charge in [0.25, 0.3) is 11.1 Å². The van der Waals surface area contributed by atoms with E-state index in [1.807, 2.05) is 56.3 Å². The lowest BCUT2D eigenvalue weighted by Crippen LogP contribution is -2.51. The number of nitrogens with one attached hydrogen (secondary N) is 3. The minimum Gasteiger partial charge on any atom is -0.390 e. The number of aromatic amines is 3. The van der Waals surface area contributed by atoms with Crippen LogP contribution in [0.2, 0.25) is 0 Å². The molecule has 0 spiro atoms. The number of halogens is 1.